The second-order valence-electron chi connectivity index (χ2n) is 3.94. The van der Waals surface area contributed by atoms with Gasteiger partial charge in [0.25, 0.3) is 0 Å². The van der Waals surface area contributed by atoms with Crippen molar-refractivity contribution in [1.82, 2.24) is 10.2 Å². The summed E-state index contributed by atoms with van der Waals surface area (Å²) >= 11 is 0. The summed E-state index contributed by atoms with van der Waals surface area (Å²) in [4.78, 5) is 1.99. The van der Waals surface area contributed by atoms with Gasteiger partial charge in [-0.25, -0.2) is 0 Å². The van der Waals surface area contributed by atoms with E-state index in [-0.39, 0.29) is 0 Å². The Kier molecular flexibility index (Phi) is 3.39. The first kappa shape index (κ1) is 11.9. The SMILES string of the molecule is CN(C)c1ccccc1Nc1nnccc1C#N. The number of aromatic nitrogens is 2. The topological polar surface area (TPSA) is 64.8 Å². The van der Waals surface area contributed by atoms with Crippen molar-refractivity contribution in [1.29, 1.82) is 5.26 Å². The molecule has 0 fully saturated rings. The Hall–Kier alpha value is -2.61. The maximum Gasteiger partial charge on any atom is 0.171 e. The molecule has 2 rings (SSSR count). The van der Waals surface area contributed by atoms with Crippen LogP contribution in [0.4, 0.5) is 17.2 Å². The molecule has 5 nitrogen and oxygen atoms in total. The van der Waals surface area contributed by atoms with E-state index >= 15 is 0 Å². The van der Waals surface area contributed by atoms with E-state index in [1.807, 2.05) is 43.3 Å². The summed E-state index contributed by atoms with van der Waals surface area (Å²) in [5, 5.41) is 19.9. The molecule has 0 spiro atoms. The largest absolute Gasteiger partial charge is 0.376 e. The lowest BCUT2D eigenvalue weighted by molar-refractivity contribution is 1.03. The second kappa shape index (κ2) is 5.15. The molecule has 0 amide bonds. The molecule has 0 atom stereocenters. The normalized spacial score (nSPS) is 9.61. The highest BCUT2D eigenvalue weighted by Gasteiger charge is 2.07. The number of nitrogens with one attached hydrogen (secondary N) is 1. The van der Waals surface area contributed by atoms with Crippen molar-refractivity contribution < 1.29 is 0 Å². The van der Waals surface area contributed by atoms with E-state index in [4.69, 9.17) is 5.26 Å². The minimum Gasteiger partial charge on any atom is -0.376 e. The third-order valence-corrected chi connectivity index (χ3v) is 2.48. The van der Waals surface area contributed by atoms with Crippen LogP contribution in [0.5, 0.6) is 0 Å². The highest BCUT2D eigenvalue weighted by molar-refractivity contribution is 5.75. The minimum atomic E-state index is 0.467. The predicted molar refractivity (Wildman–Crippen MR) is 70.8 cm³/mol. The van der Waals surface area contributed by atoms with E-state index in [9.17, 15) is 0 Å². The molecule has 1 aromatic heterocycles. The highest BCUT2D eigenvalue weighted by Crippen LogP contribution is 2.27. The van der Waals surface area contributed by atoms with Gasteiger partial charge in [-0.15, -0.1) is 5.10 Å². The molecule has 0 aliphatic carbocycles. The fourth-order valence-corrected chi connectivity index (χ4v) is 1.61. The summed E-state index contributed by atoms with van der Waals surface area (Å²) in [7, 11) is 3.92. The monoisotopic (exact) mass is 239 g/mol. The van der Waals surface area contributed by atoms with Gasteiger partial charge >= 0.3 is 0 Å². The second-order valence-corrected chi connectivity index (χ2v) is 3.94. The van der Waals surface area contributed by atoms with Crippen molar-refractivity contribution in [2.24, 2.45) is 0 Å². The predicted octanol–water partition coefficient (Wildman–Crippen LogP) is 2.16. The summed E-state index contributed by atoms with van der Waals surface area (Å²) in [6.45, 7) is 0. The van der Waals surface area contributed by atoms with E-state index in [1.54, 1.807) is 6.07 Å². The van der Waals surface area contributed by atoms with Crippen molar-refractivity contribution in [3.63, 3.8) is 0 Å². The Morgan fingerprint density at radius 2 is 2.00 bits per heavy atom. The van der Waals surface area contributed by atoms with Gasteiger partial charge in [0.15, 0.2) is 5.82 Å². The smallest absolute Gasteiger partial charge is 0.171 e. The summed E-state index contributed by atoms with van der Waals surface area (Å²) in [6.07, 6.45) is 1.50. The van der Waals surface area contributed by atoms with Gasteiger partial charge in [0, 0.05) is 14.1 Å². The van der Waals surface area contributed by atoms with Crippen LogP contribution in [0.15, 0.2) is 36.5 Å². The molecule has 0 radical (unpaired) electrons. The van der Waals surface area contributed by atoms with Crippen LogP contribution in [-0.2, 0) is 0 Å². The molecule has 0 bridgehead atoms. The summed E-state index contributed by atoms with van der Waals surface area (Å²) in [5.74, 6) is 0.467. The standard InChI is InChI=1S/C13H13N5/c1-18(2)12-6-4-3-5-11(12)16-13-10(9-14)7-8-15-17-13/h3-8H,1-2H3,(H,16,17). The van der Waals surface area contributed by atoms with Gasteiger partial charge in [-0.05, 0) is 18.2 Å². The first-order valence-electron chi connectivity index (χ1n) is 5.47. The Morgan fingerprint density at radius 1 is 1.22 bits per heavy atom. The molecule has 1 heterocycles. The van der Waals surface area contributed by atoms with Crippen molar-refractivity contribution in [3.05, 3.63) is 42.1 Å². The van der Waals surface area contributed by atoms with Gasteiger partial charge in [0.1, 0.15) is 6.07 Å². The van der Waals surface area contributed by atoms with Crippen LogP contribution in [0.3, 0.4) is 0 Å². The maximum atomic E-state index is 9.01. The molecule has 1 aromatic carbocycles. The van der Waals surface area contributed by atoms with Crippen LogP contribution in [0.25, 0.3) is 0 Å². The van der Waals surface area contributed by atoms with Gasteiger partial charge < -0.3 is 10.2 Å². The number of nitriles is 1. The van der Waals surface area contributed by atoms with E-state index in [0.717, 1.165) is 11.4 Å². The number of anilines is 3. The van der Waals surface area contributed by atoms with Crippen LogP contribution in [0, 0.1) is 11.3 Å². The van der Waals surface area contributed by atoms with E-state index in [2.05, 4.69) is 21.6 Å². The molecule has 1 N–H and O–H groups in total. The van der Waals surface area contributed by atoms with Gasteiger partial charge in [-0.1, -0.05) is 12.1 Å². The van der Waals surface area contributed by atoms with Gasteiger partial charge in [-0.2, -0.15) is 10.4 Å². The maximum absolute atomic E-state index is 9.01. The average Bonchev–Trinajstić information content (AvgIpc) is 2.40. The van der Waals surface area contributed by atoms with Gasteiger partial charge in [-0.3, -0.25) is 0 Å². The van der Waals surface area contributed by atoms with Crippen LogP contribution in [0.1, 0.15) is 5.56 Å². The Balaban J connectivity index is 2.38. The zero-order valence-corrected chi connectivity index (χ0v) is 10.3. The third kappa shape index (κ3) is 2.38. The first-order chi connectivity index (χ1) is 8.72. The van der Waals surface area contributed by atoms with Crippen molar-refractivity contribution in [3.8, 4) is 6.07 Å². The molecular formula is C13H13N5. The molecular weight excluding hydrogens is 226 g/mol. The Morgan fingerprint density at radius 3 is 2.72 bits per heavy atom. The van der Waals surface area contributed by atoms with Crippen LogP contribution in [0.2, 0.25) is 0 Å². The molecule has 5 heteroatoms. The van der Waals surface area contributed by atoms with E-state index < -0.39 is 0 Å². The lowest BCUT2D eigenvalue weighted by Crippen LogP contribution is -2.11. The van der Waals surface area contributed by atoms with Crippen LogP contribution in [-0.4, -0.2) is 24.3 Å². The number of nitrogens with zero attached hydrogens (tertiary/aromatic N) is 4. The van der Waals surface area contributed by atoms with Crippen LogP contribution < -0.4 is 10.2 Å². The quantitative estimate of drug-likeness (QED) is 0.889. The fraction of sp³-hybridized carbons (Fsp3) is 0.154. The number of hydrogen-bond acceptors (Lipinski definition) is 5. The van der Waals surface area contributed by atoms with E-state index in [0.29, 0.717) is 11.4 Å². The Labute approximate surface area is 106 Å². The molecule has 0 saturated heterocycles. The molecule has 0 saturated carbocycles. The van der Waals surface area contributed by atoms with Gasteiger partial charge in [0.05, 0.1) is 23.1 Å². The fourth-order valence-electron chi connectivity index (χ4n) is 1.61. The molecule has 0 aliphatic rings. The van der Waals surface area contributed by atoms with E-state index in [1.165, 1.54) is 6.20 Å². The molecule has 18 heavy (non-hydrogen) atoms. The molecule has 90 valence electrons. The van der Waals surface area contributed by atoms with Crippen molar-refractivity contribution >= 4 is 17.2 Å². The summed E-state index contributed by atoms with van der Waals surface area (Å²) in [5.41, 5.74) is 2.38. The van der Waals surface area contributed by atoms with Crippen molar-refractivity contribution in [2.45, 2.75) is 0 Å². The molecule has 0 unspecified atom stereocenters. The number of para-hydroxylation sites is 2. The third-order valence-electron chi connectivity index (χ3n) is 2.48. The number of benzene rings is 1. The highest BCUT2D eigenvalue weighted by atomic mass is 15.2. The Bertz CT molecular complexity index is 586. The lowest BCUT2D eigenvalue weighted by atomic mass is 10.2. The van der Waals surface area contributed by atoms with Gasteiger partial charge in [0.2, 0.25) is 0 Å². The zero-order valence-electron chi connectivity index (χ0n) is 10.3. The number of hydrogen-bond donors (Lipinski definition) is 1. The van der Waals surface area contributed by atoms with Crippen LogP contribution >= 0.6 is 0 Å². The zero-order chi connectivity index (χ0) is 13.0. The average molecular weight is 239 g/mol. The molecule has 2 aromatic rings. The lowest BCUT2D eigenvalue weighted by Gasteiger charge is -2.18. The van der Waals surface area contributed by atoms with Crippen molar-refractivity contribution in [2.75, 3.05) is 24.3 Å². The first-order valence-corrected chi connectivity index (χ1v) is 5.47. The number of rotatable bonds is 3. The minimum absolute atomic E-state index is 0.467. The summed E-state index contributed by atoms with van der Waals surface area (Å²) < 4.78 is 0. The molecule has 0 aliphatic heterocycles. The summed E-state index contributed by atoms with van der Waals surface area (Å²) in [6, 6.07) is 11.5.